The van der Waals surface area contributed by atoms with Gasteiger partial charge in [-0.1, -0.05) is 31.8 Å². The summed E-state index contributed by atoms with van der Waals surface area (Å²) >= 11 is 0. The van der Waals surface area contributed by atoms with Gasteiger partial charge in [0.1, 0.15) is 18.0 Å². The molecule has 0 bridgehead atoms. The maximum Gasteiger partial charge on any atom is 0.169 e. The van der Waals surface area contributed by atoms with Gasteiger partial charge in [0, 0.05) is 32.1 Å². The number of hydrogen-bond acceptors (Lipinski definition) is 5. The Kier molecular flexibility index (Phi) is 5.86. The maximum atomic E-state index is 13.2. The summed E-state index contributed by atoms with van der Waals surface area (Å²) in [5.74, 6) is 0.282. The number of ether oxygens (including phenoxy) is 1. The van der Waals surface area contributed by atoms with E-state index in [1.165, 1.54) is 0 Å². The Labute approximate surface area is 167 Å². The van der Waals surface area contributed by atoms with Gasteiger partial charge in [-0.15, -0.1) is 5.10 Å². The van der Waals surface area contributed by atoms with E-state index in [0.717, 1.165) is 34.6 Å². The molecule has 1 aliphatic rings. The van der Waals surface area contributed by atoms with Crippen LogP contribution in [0.2, 0.25) is 25.7 Å². The average Bonchev–Trinajstić information content (AvgIpc) is 3.16. The highest BCUT2D eigenvalue weighted by Crippen LogP contribution is 2.45. The minimum Gasteiger partial charge on any atom is -0.359 e. The van der Waals surface area contributed by atoms with Gasteiger partial charge in [0.05, 0.1) is 5.52 Å². The first-order valence-electron chi connectivity index (χ1n) is 10.1. The summed E-state index contributed by atoms with van der Waals surface area (Å²) in [5, 5.41) is 8.54. The van der Waals surface area contributed by atoms with Crippen molar-refractivity contribution in [1.29, 1.82) is 0 Å². The van der Waals surface area contributed by atoms with Crippen molar-refractivity contribution in [1.82, 2.24) is 15.0 Å². The standard InChI is InChI=1S/C21H31N3O3Si/c1-6-21(10-9-15(2)25)13-17-16(20(21)26)7-8-18-19(17)24(23-22-18)14-27-11-12-28(3,4)5/h7-8H,6,9-14H2,1-5H3. The molecule has 152 valence electrons. The monoisotopic (exact) mass is 401 g/mol. The minimum atomic E-state index is -1.14. The normalized spacial score (nSPS) is 19.4. The maximum absolute atomic E-state index is 13.2. The van der Waals surface area contributed by atoms with Crippen molar-refractivity contribution in [3.63, 3.8) is 0 Å². The molecular formula is C21H31N3O3Si. The number of Topliss-reactive ketones (excluding diaryl/α,β-unsaturated/α-hetero) is 2. The smallest absolute Gasteiger partial charge is 0.169 e. The Morgan fingerprint density at radius 3 is 2.71 bits per heavy atom. The van der Waals surface area contributed by atoms with Gasteiger partial charge in [0.25, 0.3) is 0 Å². The van der Waals surface area contributed by atoms with Crippen molar-refractivity contribution in [2.75, 3.05) is 6.61 Å². The first-order valence-corrected chi connectivity index (χ1v) is 13.8. The Morgan fingerprint density at radius 1 is 1.32 bits per heavy atom. The Morgan fingerprint density at radius 2 is 2.07 bits per heavy atom. The third kappa shape index (κ3) is 4.10. The first kappa shape index (κ1) is 20.9. The van der Waals surface area contributed by atoms with Crippen molar-refractivity contribution < 1.29 is 14.3 Å². The molecule has 1 aliphatic carbocycles. The molecule has 1 unspecified atom stereocenters. The van der Waals surface area contributed by atoms with Gasteiger partial charge < -0.3 is 9.53 Å². The molecule has 0 saturated carbocycles. The van der Waals surface area contributed by atoms with Gasteiger partial charge in [-0.25, -0.2) is 4.68 Å². The molecule has 6 nitrogen and oxygen atoms in total. The number of fused-ring (bicyclic) bond motifs is 3. The van der Waals surface area contributed by atoms with E-state index >= 15 is 0 Å². The van der Waals surface area contributed by atoms with Gasteiger partial charge in [0.15, 0.2) is 5.78 Å². The van der Waals surface area contributed by atoms with Gasteiger partial charge in [0.2, 0.25) is 0 Å². The van der Waals surface area contributed by atoms with Crippen molar-refractivity contribution in [3.8, 4) is 0 Å². The number of ketones is 2. The molecule has 0 amide bonds. The fourth-order valence-electron chi connectivity index (χ4n) is 3.93. The lowest BCUT2D eigenvalue weighted by atomic mass is 9.76. The zero-order valence-electron chi connectivity index (χ0n) is 17.7. The topological polar surface area (TPSA) is 74.1 Å². The lowest BCUT2D eigenvalue weighted by molar-refractivity contribution is -0.117. The molecule has 2 aromatic rings. The van der Waals surface area contributed by atoms with Gasteiger partial charge in [-0.3, -0.25) is 4.79 Å². The summed E-state index contributed by atoms with van der Waals surface area (Å²) < 4.78 is 7.65. The quantitative estimate of drug-likeness (QED) is 0.464. The number of aromatic nitrogens is 3. The van der Waals surface area contributed by atoms with Crippen LogP contribution in [0.25, 0.3) is 11.0 Å². The Balaban J connectivity index is 1.87. The molecular weight excluding hydrogens is 370 g/mol. The van der Waals surface area contributed by atoms with Crippen LogP contribution in [0, 0.1) is 5.41 Å². The number of nitrogens with zero attached hydrogens (tertiary/aromatic N) is 3. The molecule has 1 aromatic heterocycles. The molecule has 3 rings (SSSR count). The Bertz CT molecular complexity index is 900. The molecule has 0 radical (unpaired) electrons. The van der Waals surface area contributed by atoms with Crippen LogP contribution in [-0.4, -0.2) is 41.2 Å². The molecule has 28 heavy (non-hydrogen) atoms. The van der Waals surface area contributed by atoms with E-state index < -0.39 is 13.5 Å². The number of carbonyl (C=O) groups is 2. The van der Waals surface area contributed by atoms with E-state index in [9.17, 15) is 9.59 Å². The predicted octanol–water partition coefficient (Wildman–Crippen LogP) is 4.25. The zero-order valence-corrected chi connectivity index (χ0v) is 18.7. The van der Waals surface area contributed by atoms with Crippen molar-refractivity contribution in [3.05, 3.63) is 23.3 Å². The summed E-state index contributed by atoms with van der Waals surface area (Å²) in [6.07, 6.45) is 2.41. The number of rotatable bonds is 9. The van der Waals surface area contributed by atoms with Gasteiger partial charge in [-0.2, -0.15) is 0 Å². The van der Waals surface area contributed by atoms with E-state index in [1.807, 2.05) is 19.1 Å². The van der Waals surface area contributed by atoms with E-state index in [4.69, 9.17) is 4.74 Å². The second-order valence-electron chi connectivity index (χ2n) is 9.24. The second-order valence-corrected chi connectivity index (χ2v) is 14.9. The molecule has 0 saturated heterocycles. The number of hydrogen-bond donors (Lipinski definition) is 0. The van der Waals surface area contributed by atoms with Crippen LogP contribution in [0.4, 0.5) is 0 Å². The van der Waals surface area contributed by atoms with Gasteiger partial charge in [-0.05, 0) is 49.9 Å². The average molecular weight is 402 g/mol. The lowest BCUT2D eigenvalue weighted by Gasteiger charge is -2.25. The molecule has 0 aliphatic heterocycles. The van der Waals surface area contributed by atoms with Crippen molar-refractivity contribution in [2.45, 2.75) is 71.9 Å². The predicted molar refractivity (Wildman–Crippen MR) is 112 cm³/mol. The number of benzene rings is 1. The summed E-state index contributed by atoms with van der Waals surface area (Å²) in [6.45, 7) is 11.7. The summed E-state index contributed by atoms with van der Waals surface area (Å²) in [7, 11) is -1.14. The molecule has 1 aromatic carbocycles. The van der Waals surface area contributed by atoms with Crippen LogP contribution in [-0.2, 0) is 22.7 Å². The van der Waals surface area contributed by atoms with E-state index in [2.05, 4.69) is 30.0 Å². The molecule has 1 atom stereocenters. The Hall–Kier alpha value is -1.86. The van der Waals surface area contributed by atoms with E-state index in [-0.39, 0.29) is 11.6 Å². The SMILES string of the molecule is CCC1(CCC(C)=O)Cc2c(ccc3nnn(COCC[Si](C)(C)C)c23)C1=O. The molecule has 1 heterocycles. The van der Waals surface area contributed by atoms with Crippen LogP contribution in [0.3, 0.4) is 0 Å². The van der Waals surface area contributed by atoms with Gasteiger partial charge >= 0.3 is 0 Å². The molecule has 0 spiro atoms. The second kappa shape index (κ2) is 7.87. The highest BCUT2D eigenvalue weighted by Gasteiger charge is 2.45. The fraction of sp³-hybridized carbons (Fsp3) is 0.619. The highest BCUT2D eigenvalue weighted by molar-refractivity contribution is 6.76. The van der Waals surface area contributed by atoms with Crippen molar-refractivity contribution in [2.24, 2.45) is 5.41 Å². The fourth-order valence-corrected chi connectivity index (χ4v) is 4.69. The van der Waals surface area contributed by atoms with Crippen LogP contribution in [0.15, 0.2) is 12.1 Å². The van der Waals surface area contributed by atoms with E-state index in [0.29, 0.717) is 32.6 Å². The highest BCUT2D eigenvalue weighted by atomic mass is 28.3. The number of carbonyl (C=O) groups excluding carboxylic acids is 2. The van der Waals surface area contributed by atoms with Crippen LogP contribution in [0.5, 0.6) is 0 Å². The van der Waals surface area contributed by atoms with Crippen LogP contribution in [0.1, 0.15) is 49.0 Å². The van der Waals surface area contributed by atoms with Crippen molar-refractivity contribution >= 4 is 30.7 Å². The first-order chi connectivity index (χ1) is 13.2. The molecule has 0 fully saturated rings. The minimum absolute atomic E-state index is 0.129. The summed E-state index contributed by atoms with van der Waals surface area (Å²) in [6, 6.07) is 4.84. The largest absolute Gasteiger partial charge is 0.359 e. The zero-order chi connectivity index (χ0) is 20.5. The lowest BCUT2D eigenvalue weighted by Crippen LogP contribution is -2.28. The van der Waals surface area contributed by atoms with Crippen LogP contribution >= 0.6 is 0 Å². The summed E-state index contributed by atoms with van der Waals surface area (Å²) in [5.41, 5.74) is 2.96. The van der Waals surface area contributed by atoms with E-state index in [1.54, 1.807) is 11.6 Å². The molecule has 7 heteroatoms. The third-order valence-electron chi connectivity index (χ3n) is 5.86. The van der Waals surface area contributed by atoms with Crippen LogP contribution < -0.4 is 0 Å². The third-order valence-corrected chi connectivity index (χ3v) is 7.57. The molecule has 0 N–H and O–H groups in total. The summed E-state index contributed by atoms with van der Waals surface area (Å²) in [4.78, 5) is 24.8.